The average Bonchev–Trinajstić information content (AvgIpc) is 2.15. The number of hydrogen-bond donors (Lipinski definition) is 0. The summed E-state index contributed by atoms with van der Waals surface area (Å²) in [7, 11) is 1.64. The normalized spacial score (nSPS) is 10.2. The van der Waals surface area contributed by atoms with Crippen LogP contribution in [0.2, 0.25) is 0 Å². The van der Waals surface area contributed by atoms with E-state index in [0.29, 0.717) is 5.92 Å². The molecule has 2 nitrogen and oxygen atoms in total. The molecule has 0 aliphatic heterocycles. The number of methoxy groups -OCH3 is 1. The van der Waals surface area contributed by atoms with Gasteiger partial charge in [0.05, 0.1) is 13.7 Å². The minimum atomic E-state index is 0.538. The zero-order chi connectivity index (χ0) is 9.68. The summed E-state index contributed by atoms with van der Waals surface area (Å²) in [6.45, 7) is 4.95. The van der Waals surface area contributed by atoms with Crippen LogP contribution in [0.4, 0.5) is 0 Å². The molecule has 1 aromatic carbocycles. The van der Waals surface area contributed by atoms with Gasteiger partial charge in [0.1, 0.15) is 11.5 Å². The van der Waals surface area contributed by atoms with Crippen molar-refractivity contribution in [2.45, 2.75) is 13.8 Å². The predicted molar refractivity (Wildman–Crippen MR) is 52.2 cm³/mol. The molecule has 0 spiro atoms. The Morgan fingerprint density at radius 2 is 2.15 bits per heavy atom. The van der Waals surface area contributed by atoms with Crippen LogP contribution in [0, 0.1) is 12.0 Å². The highest BCUT2D eigenvalue weighted by molar-refractivity contribution is 5.29. The molecule has 0 atom stereocenters. The van der Waals surface area contributed by atoms with Crippen molar-refractivity contribution in [3.8, 4) is 11.5 Å². The Bertz CT molecular complexity index is 239. The average molecular weight is 179 g/mol. The van der Waals surface area contributed by atoms with E-state index in [9.17, 15) is 0 Å². The van der Waals surface area contributed by atoms with Gasteiger partial charge in [-0.15, -0.1) is 0 Å². The molecular weight excluding hydrogens is 164 g/mol. The van der Waals surface area contributed by atoms with E-state index in [2.05, 4.69) is 19.9 Å². The van der Waals surface area contributed by atoms with E-state index >= 15 is 0 Å². The third kappa shape index (κ3) is 3.36. The smallest absolute Gasteiger partial charge is 0.127 e. The van der Waals surface area contributed by atoms with Crippen LogP contribution in [0.25, 0.3) is 0 Å². The third-order valence-corrected chi connectivity index (χ3v) is 1.56. The Morgan fingerprint density at radius 1 is 1.38 bits per heavy atom. The van der Waals surface area contributed by atoms with Crippen molar-refractivity contribution in [1.29, 1.82) is 0 Å². The fourth-order valence-electron chi connectivity index (χ4n) is 0.869. The van der Waals surface area contributed by atoms with Crippen LogP contribution in [0.15, 0.2) is 18.2 Å². The van der Waals surface area contributed by atoms with Crippen LogP contribution in [0.1, 0.15) is 13.8 Å². The Labute approximate surface area is 79.5 Å². The van der Waals surface area contributed by atoms with E-state index in [1.165, 1.54) is 0 Å². The molecule has 0 amide bonds. The lowest BCUT2D eigenvalue weighted by Gasteiger charge is -2.08. The van der Waals surface area contributed by atoms with Crippen molar-refractivity contribution in [2.24, 2.45) is 5.92 Å². The molecule has 0 N–H and O–H groups in total. The van der Waals surface area contributed by atoms with Gasteiger partial charge in [-0.25, -0.2) is 0 Å². The fraction of sp³-hybridized carbons (Fsp3) is 0.455. The number of rotatable bonds is 4. The summed E-state index contributed by atoms with van der Waals surface area (Å²) in [5.74, 6) is 2.11. The largest absolute Gasteiger partial charge is 0.497 e. The molecule has 0 saturated carbocycles. The van der Waals surface area contributed by atoms with Crippen molar-refractivity contribution >= 4 is 0 Å². The van der Waals surface area contributed by atoms with Crippen LogP contribution in [0.3, 0.4) is 0 Å². The highest BCUT2D eigenvalue weighted by atomic mass is 16.5. The van der Waals surface area contributed by atoms with Crippen LogP contribution in [0.5, 0.6) is 11.5 Å². The molecule has 0 fully saturated rings. The Balaban J connectivity index is 2.49. The van der Waals surface area contributed by atoms with Crippen molar-refractivity contribution in [1.82, 2.24) is 0 Å². The zero-order valence-electron chi connectivity index (χ0n) is 8.33. The van der Waals surface area contributed by atoms with Crippen molar-refractivity contribution in [2.75, 3.05) is 13.7 Å². The summed E-state index contributed by atoms with van der Waals surface area (Å²) in [6.07, 6.45) is 0. The Kier molecular flexibility index (Phi) is 3.62. The van der Waals surface area contributed by atoms with E-state index in [4.69, 9.17) is 9.47 Å². The monoisotopic (exact) mass is 179 g/mol. The molecule has 0 aromatic heterocycles. The van der Waals surface area contributed by atoms with Crippen LogP contribution >= 0.6 is 0 Å². The molecule has 0 unspecified atom stereocenters. The number of benzene rings is 1. The summed E-state index contributed by atoms with van der Waals surface area (Å²) >= 11 is 0. The summed E-state index contributed by atoms with van der Waals surface area (Å²) in [5.41, 5.74) is 0. The second-order valence-corrected chi connectivity index (χ2v) is 3.30. The lowest BCUT2D eigenvalue weighted by molar-refractivity contribution is 0.270. The summed E-state index contributed by atoms with van der Waals surface area (Å²) in [6, 6.07) is 8.50. The van der Waals surface area contributed by atoms with Gasteiger partial charge >= 0.3 is 0 Å². The summed E-state index contributed by atoms with van der Waals surface area (Å²) in [5, 5.41) is 0. The summed E-state index contributed by atoms with van der Waals surface area (Å²) in [4.78, 5) is 0. The lowest BCUT2D eigenvalue weighted by Crippen LogP contribution is -2.04. The van der Waals surface area contributed by atoms with Gasteiger partial charge < -0.3 is 9.47 Å². The molecule has 71 valence electrons. The minimum Gasteiger partial charge on any atom is -0.497 e. The fourth-order valence-corrected chi connectivity index (χ4v) is 0.869. The van der Waals surface area contributed by atoms with Crippen LogP contribution in [-0.4, -0.2) is 13.7 Å². The molecule has 13 heavy (non-hydrogen) atoms. The Morgan fingerprint density at radius 3 is 2.62 bits per heavy atom. The topological polar surface area (TPSA) is 18.5 Å². The molecule has 0 aliphatic carbocycles. The van der Waals surface area contributed by atoms with E-state index in [1.54, 1.807) is 13.2 Å². The SMILES string of the molecule is COc1c[c]c(OCC(C)C)cc1. The maximum atomic E-state index is 5.46. The van der Waals surface area contributed by atoms with Gasteiger partial charge in [-0.2, -0.15) is 0 Å². The van der Waals surface area contributed by atoms with Crippen molar-refractivity contribution < 1.29 is 9.47 Å². The molecule has 1 radical (unpaired) electrons. The van der Waals surface area contributed by atoms with Gasteiger partial charge in [-0.3, -0.25) is 0 Å². The van der Waals surface area contributed by atoms with Gasteiger partial charge in [-0.1, -0.05) is 13.8 Å². The maximum absolute atomic E-state index is 5.46. The highest BCUT2D eigenvalue weighted by Gasteiger charge is 1.97. The molecule has 0 aliphatic rings. The number of hydrogen-bond acceptors (Lipinski definition) is 2. The van der Waals surface area contributed by atoms with Crippen LogP contribution < -0.4 is 9.47 Å². The quantitative estimate of drug-likeness (QED) is 0.707. The highest BCUT2D eigenvalue weighted by Crippen LogP contribution is 2.16. The maximum Gasteiger partial charge on any atom is 0.127 e. The lowest BCUT2D eigenvalue weighted by atomic mass is 10.2. The van der Waals surface area contributed by atoms with E-state index in [1.807, 2.05) is 12.1 Å². The molecule has 0 saturated heterocycles. The molecular formula is C11H15O2. The van der Waals surface area contributed by atoms with Gasteiger partial charge in [-0.05, 0) is 24.1 Å². The second-order valence-electron chi connectivity index (χ2n) is 3.30. The van der Waals surface area contributed by atoms with E-state index in [0.717, 1.165) is 18.1 Å². The summed E-state index contributed by atoms with van der Waals surface area (Å²) < 4.78 is 10.5. The van der Waals surface area contributed by atoms with E-state index < -0.39 is 0 Å². The zero-order valence-corrected chi connectivity index (χ0v) is 8.33. The molecule has 1 aromatic rings. The van der Waals surface area contributed by atoms with Crippen molar-refractivity contribution in [3.63, 3.8) is 0 Å². The first kappa shape index (κ1) is 9.90. The first-order valence-electron chi connectivity index (χ1n) is 4.41. The standard InChI is InChI=1S/C11H15O2/c1-9(2)8-13-11-6-4-10(12-3)5-7-11/h4-6,9H,8H2,1-3H3. The van der Waals surface area contributed by atoms with Gasteiger partial charge in [0, 0.05) is 6.07 Å². The second kappa shape index (κ2) is 4.75. The molecule has 2 heteroatoms. The third-order valence-electron chi connectivity index (χ3n) is 1.56. The molecule has 1 rings (SSSR count). The van der Waals surface area contributed by atoms with Crippen molar-refractivity contribution in [3.05, 3.63) is 24.3 Å². The molecule has 0 bridgehead atoms. The van der Waals surface area contributed by atoms with Crippen LogP contribution in [-0.2, 0) is 0 Å². The first-order chi connectivity index (χ1) is 6.22. The van der Waals surface area contributed by atoms with Gasteiger partial charge in [0.15, 0.2) is 0 Å². The Hall–Kier alpha value is -1.18. The molecule has 0 heterocycles. The first-order valence-corrected chi connectivity index (χ1v) is 4.41. The minimum absolute atomic E-state index is 0.538. The van der Waals surface area contributed by atoms with Gasteiger partial charge in [0.25, 0.3) is 0 Å². The number of ether oxygens (including phenoxy) is 2. The predicted octanol–water partition coefficient (Wildman–Crippen LogP) is 2.53. The van der Waals surface area contributed by atoms with E-state index in [-0.39, 0.29) is 0 Å². The van der Waals surface area contributed by atoms with Gasteiger partial charge in [0.2, 0.25) is 0 Å².